The fourth-order valence-corrected chi connectivity index (χ4v) is 2.77. The standard InChI is InChI=1S/C14H18BrN3O4/c15-12-10-11(22-14(12)18(20)21)4-5-13(19)16-6-9-17-7-2-1-3-8-17/h4-5,10H,1-3,6-9H2,(H,16,19)/b5-4+. The molecule has 1 amide bonds. The van der Waals surface area contributed by atoms with Crippen LogP contribution in [0.1, 0.15) is 25.0 Å². The number of furan rings is 1. The molecule has 1 aliphatic rings. The van der Waals surface area contributed by atoms with Crippen molar-refractivity contribution in [2.45, 2.75) is 19.3 Å². The van der Waals surface area contributed by atoms with Crippen molar-refractivity contribution in [1.29, 1.82) is 0 Å². The van der Waals surface area contributed by atoms with Gasteiger partial charge in [-0.2, -0.15) is 0 Å². The maximum atomic E-state index is 11.7. The topological polar surface area (TPSA) is 88.6 Å². The van der Waals surface area contributed by atoms with E-state index in [-0.39, 0.29) is 22.0 Å². The summed E-state index contributed by atoms with van der Waals surface area (Å²) in [6.45, 7) is 3.62. The van der Waals surface area contributed by atoms with Gasteiger partial charge in [-0.3, -0.25) is 14.9 Å². The summed E-state index contributed by atoms with van der Waals surface area (Å²) in [7, 11) is 0. The van der Waals surface area contributed by atoms with Crippen LogP contribution in [0.15, 0.2) is 21.0 Å². The van der Waals surface area contributed by atoms with Crippen LogP contribution in [0.3, 0.4) is 0 Å². The molecule has 8 heteroatoms. The first-order valence-electron chi connectivity index (χ1n) is 7.18. The molecule has 1 aliphatic heterocycles. The Morgan fingerprint density at radius 2 is 2.18 bits per heavy atom. The number of amides is 1. The molecule has 0 bridgehead atoms. The van der Waals surface area contributed by atoms with Crippen LogP contribution in [0.2, 0.25) is 0 Å². The second-order valence-corrected chi connectivity index (χ2v) is 5.94. The zero-order chi connectivity index (χ0) is 15.9. The molecule has 0 atom stereocenters. The summed E-state index contributed by atoms with van der Waals surface area (Å²) >= 11 is 3.04. The van der Waals surface area contributed by atoms with Crippen molar-refractivity contribution in [2.75, 3.05) is 26.2 Å². The van der Waals surface area contributed by atoms with E-state index in [1.54, 1.807) is 0 Å². The molecule has 1 saturated heterocycles. The number of halogens is 1. The minimum atomic E-state index is -0.625. The van der Waals surface area contributed by atoms with Crippen molar-refractivity contribution in [3.05, 3.63) is 32.5 Å². The van der Waals surface area contributed by atoms with Gasteiger partial charge in [-0.15, -0.1) is 0 Å². The molecule has 2 heterocycles. The van der Waals surface area contributed by atoms with Crippen LogP contribution in [0, 0.1) is 10.1 Å². The molecular weight excluding hydrogens is 354 g/mol. The lowest BCUT2D eigenvalue weighted by atomic mass is 10.1. The predicted octanol–water partition coefficient (Wildman–Crippen LogP) is 2.57. The van der Waals surface area contributed by atoms with Gasteiger partial charge in [0.1, 0.15) is 15.2 Å². The first-order chi connectivity index (χ1) is 10.6. The van der Waals surface area contributed by atoms with Crippen LogP contribution >= 0.6 is 15.9 Å². The molecule has 1 aromatic rings. The number of carbonyl (C=O) groups is 1. The largest absolute Gasteiger partial charge is 0.447 e. The van der Waals surface area contributed by atoms with Crippen LogP contribution in [0.5, 0.6) is 0 Å². The molecule has 120 valence electrons. The zero-order valence-electron chi connectivity index (χ0n) is 12.1. The summed E-state index contributed by atoms with van der Waals surface area (Å²) in [6.07, 6.45) is 6.45. The van der Waals surface area contributed by atoms with E-state index in [2.05, 4.69) is 26.1 Å². The van der Waals surface area contributed by atoms with Crippen molar-refractivity contribution < 1.29 is 14.1 Å². The normalized spacial score (nSPS) is 16.0. The molecule has 0 aliphatic carbocycles. The number of carbonyl (C=O) groups excluding carboxylic acids is 1. The van der Waals surface area contributed by atoms with Gasteiger partial charge in [0.25, 0.3) is 0 Å². The SMILES string of the molecule is O=C(/C=C/c1cc(Br)c([N+](=O)[O-])o1)NCCN1CCCCC1. The lowest BCUT2D eigenvalue weighted by molar-refractivity contribution is -0.403. The molecule has 0 saturated carbocycles. The van der Waals surface area contributed by atoms with E-state index in [0.29, 0.717) is 6.54 Å². The van der Waals surface area contributed by atoms with Gasteiger partial charge in [-0.05, 0) is 47.9 Å². The van der Waals surface area contributed by atoms with Gasteiger partial charge in [-0.1, -0.05) is 6.42 Å². The highest BCUT2D eigenvalue weighted by Crippen LogP contribution is 2.29. The van der Waals surface area contributed by atoms with Crippen molar-refractivity contribution in [3.63, 3.8) is 0 Å². The molecular formula is C14H18BrN3O4. The third kappa shape index (κ3) is 4.96. The lowest BCUT2D eigenvalue weighted by Gasteiger charge is -2.26. The highest BCUT2D eigenvalue weighted by atomic mass is 79.9. The van der Waals surface area contributed by atoms with E-state index < -0.39 is 4.92 Å². The Bertz CT molecular complexity index is 564. The third-order valence-electron chi connectivity index (χ3n) is 3.43. The summed E-state index contributed by atoms with van der Waals surface area (Å²) in [5.74, 6) is -0.359. The Morgan fingerprint density at radius 3 is 2.82 bits per heavy atom. The molecule has 1 aromatic heterocycles. The second-order valence-electron chi connectivity index (χ2n) is 5.09. The van der Waals surface area contributed by atoms with Gasteiger partial charge in [0.05, 0.1) is 0 Å². The van der Waals surface area contributed by atoms with Crippen molar-refractivity contribution in [1.82, 2.24) is 10.2 Å². The number of piperidine rings is 1. The van der Waals surface area contributed by atoms with E-state index in [1.165, 1.54) is 37.5 Å². The predicted molar refractivity (Wildman–Crippen MR) is 85.4 cm³/mol. The van der Waals surface area contributed by atoms with Gasteiger partial charge in [0.2, 0.25) is 5.91 Å². The van der Waals surface area contributed by atoms with Crippen molar-refractivity contribution in [2.24, 2.45) is 0 Å². The molecule has 1 N–H and O–H groups in total. The summed E-state index contributed by atoms with van der Waals surface area (Å²) in [5.41, 5.74) is 0. The van der Waals surface area contributed by atoms with Gasteiger partial charge in [-0.25, -0.2) is 0 Å². The molecule has 0 unspecified atom stereocenters. The zero-order valence-corrected chi connectivity index (χ0v) is 13.7. The summed E-state index contributed by atoms with van der Waals surface area (Å²) in [4.78, 5) is 24.0. The van der Waals surface area contributed by atoms with Crippen LogP contribution in [-0.4, -0.2) is 41.9 Å². The molecule has 0 spiro atoms. The molecule has 0 aromatic carbocycles. The van der Waals surface area contributed by atoms with Crippen molar-refractivity contribution >= 4 is 33.8 Å². The first kappa shape index (κ1) is 16.7. The smallest absolute Gasteiger partial charge is 0.400 e. The number of hydrogen-bond donors (Lipinski definition) is 1. The van der Waals surface area contributed by atoms with Crippen LogP contribution < -0.4 is 5.32 Å². The van der Waals surface area contributed by atoms with E-state index in [9.17, 15) is 14.9 Å². The minimum absolute atomic E-state index is 0.243. The monoisotopic (exact) mass is 371 g/mol. The maximum absolute atomic E-state index is 11.7. The third-order valence-corrected chi connectivity index (χ3v) is 4.00. The molecule has 7 nitrogen and oxygen atoms in total. The quantitative estimate of drug-likeness (QED) is 0.471. The Balaban J connectivity index is 1.76. The fraction of sp³-hybridized carbons (Fsp3) is 0.500. The fourth-order valence-electron chi connectivity index (χ4n) is 2.32. The van der Waals surface area contributed by atoms with Gasteiger partial charge < -0.3 is 14.6 Å². The van der Waals surface area contributed by atoms with Crippen molar-refractivity contribution in [3.8, 4) is 0 Å². The Labute approximate surface area is 136 Å². The van der Waals surface area contributed by atoms with Gasteiger partial charge >= 0.3 is 5.88 Å². The average molecular weight is 372 g/mol. The number of hydrogen-bond acceptors (Lipinski definition) is 5. The Morgan fingerprint density at radius 1 is 1.45 bits per heavy atom. The summed E-state index contributed by atoms with van der Waals surface area (Å²) in [5, 5.41) is 13.4. The van der Waals surface area contributed by atoms with Gasteiger partial charge in [0, 0.05) is 25.2 Å². The highest BCUT2D eigenvalue weighted by molar-refractivity contribution is 9.10. The van der Waals surface area contributed by atoms with E-state index in [1.807, 2.05) is 0 Å². The number of nitrogens with zero attached hydrogens (tertiary/aromatic N) is 2. The maximum Gasteiger partial charge on any atom is 0.447 e. The molecule has 22 heavy (non-hydrogen) atoms. The van der Waals surface area contributed by atoms with E-state index >= 15 is 0 Å². The van der Waals surface area contributed by atoms with Crippen LogP contribution in [0.25, 0.3) is 6.08 Å². The minimum Gasteiger partial charge on any atom is -0.400 e. The summed E-state index contributed by atoms with van der Waals surface area (Å²) < 4.78 is 5.26. The Kier molecular flexibility index (Phi) is 6.14. The number of rotatable bonds is 6. The molecule has 0 radical (unpaired) electrons. The van der Waals surface area contributed by atoms with Crippen LogP contribution in [0.4, 0.5) is 5.88 Å². The number of likely N-dealkylation sites (tertiary alicyclic amines) is 1. The first-order valence-corrected chi connectivity index (χ1v) is 7.97. The molecule has 1 fully saturated rings. The highest BCUT2D eigenvalue weighted by Gasteiger charge is 2.18. The number of nitro groups is 1. The van der Waals surface area contributed by atoms with Gasteiger partial charge in [0.15, 0.2) is 0 Å². The van der Waals surface area contributed by atoms with E-state index in [0.717, 1.165) is 19.6 Å². The second kappa shape index (κ2) is 8.09. The Hall–Kier alpha value is -1.67. The van der Waals surface area contributed by atoms with Crippen LogP contribution in [-0.2, 0) is 4.79 Å². The van der Waals surface area contributed by atoms with E-state index in [4.69, 9.17) is 4.42 Å². The molecule has 2 rings (SSSR count). The lowest BCUT2D eigenvalue weighted by Crippen LogP contribution is -2.37. The average Bonchev–Trinajstić information content (AvgIpc) is 2.87. The number of nitrogens with one attached hydrogen (secondary N) is 1. The summed E-state index contributed by atoms with van der Waals surface area (Å²) in [6, 6.07) is 1.45.